The van der Waals surface area contributed by atoms with Crippen molar-refractivity contribution < 1.29 is 13.2 Å². The van der Waals surface area contributed by atoms with Crippen LogP contribution in [0.4, 0.5) is 0 Å². The van der Waals surface area contributed by atoms with Crippen LogP contribution in [0.1, 0.15) is 37.8 Å². The van der Waals surface area contributed by atoms with Crippen LogP contribution in [-0.4, -0.2) is 50.9 Å². The van der Waals surface area contributed by atoms with Gasteiger partial charge < -0.3 is 5.32 Å². The van der Waals surface area contributed by atoms with E-state index >= 15 is 0 Å². The van der Waals surface area contributed by atoms with Gasteiger partial charge in [-0.1, -0.05) is 30.7 Å². The van der Waals surface area contributed by atoms with Gasteiger partial charge in [0.2, 0.25) is 5.91 Å². The van der Waals surface area contributed by atoms with Crippen molar-refractivity contribution in [2.24, 2.45) is 5.92 Å². The Morgan fingerprint density at radius 1 is 1.28 bits per heavy atom. The first-order valence-electron chi connectivity index (χ1n) is 8.68. The van der Waals surface area contributed by atoms with Crippen molar-refractivity contribution in [3.8, 4) is 0 Å². The van der Waals surface area contributed by atoms with Gasteiger partial charge in [-0.15, -0.1) is 0 Å². The Labute approximate surface area is 155 Å². The molecule has 1 heterocycles. The fourth-order valence-electron chi connectivity index (χ4n) is 3.06. The molecule has 0 saturated carbocycles. The van der Waals surface area contributed by atoms with Crippen LogP contribution in [0.5, 0.6) is 0 Å². The van der Waals surface area contributed by atoms with Gasteiger partial charge >= 0.3 is 0 Å². The zero-order chi connectivity index (χ0) is 18.4. The number of hydrogen-bond donors (Lipinski definition) is 1. The van der Waals surface area contributed by atoms with Crippen LogP contribution in [0.2, 0.25) is 5.02 Å². The van der Waals surface area contributed by atoms with Crippen LogP contribution < -0.4 is 5.32 Å². The maximum absolute atomic E-state index is 12.0. The minimum absolute atomic E-state index is 0.00318. The first-order valence-corrected chi connectivity index (χ1v) is 11.1. The number of nitrogens with one attached hydrogen (secondary N) is 1. The highest BCUT2D eigenvalue weighted by Gasteiger charge is 2.25. The number of nitrogens with zero attached hydrogens (tertiary/aromatic N) is 1. The quantitative estimate of drug-likeness (QED) is 0.782. The molecule has 1 atom stereocenters. The van der Waals surface area contributed by atoms with Crippen LogP contribution in [0.25, 0.3) is 0 Å². The van der Waals surface area contributed by atoms with Crippen molar-refractivity contribution in [3.05, 3.63) is 34.9 Å². The van der Waals surface area contributed by atoms with Gasteiger partial charge in [0.15, 0.2) is 0 Å². The minimum atomic E-state index is -3.13. The first kappa shape index (κ1) is 20.2. The zero-order valence-electron chi connectivity index (χ0n) is 14.9. The lowest BCUT2D eigenvalue weighted by Gasteiger charge is -2.37. The van der Waals surface area contributed by atoms with Crippen molar-refractivity contribution in [1.29, 1.82) is 0 Å². The molecule has 0 radical (unpaired) electrons. The topological polar surface area (TPSA) is 66.5 Å². The van der Waals surface area contributed by atoms with Gasteiger partial charge in [0.05, 0.1) is 11.8 Å². The normalized spacial score (nSPS) is 18.0. The van der Waals surface area contributed by atoms with Gasteiger partial charge in [0.25, 0.3) is 0 Å². The van der Waals surface area contributed by atoms with Gasteiger partial charge in [-0.05, 0) is 49.5 Å². The van der Waals surface area contributed by atoms with E-state index in [1.807, 2.05) is 24.3 Å². The fourth-order valence-corrected chi connectivity index (χ4v) is 3.74. The largest absolute Gasteiger partial charge is 0.354 e. The van der Waals surface area contributed by atoms with Crippen molar-refractivity contribution >= 4 is 27.3 Å². The summed E-state index contributed by atoms with van der Waals surface area (Å²) in [6.45, 7) is 4.72. The third-order valence-corrected chi connectivity index (χ3v) is 5.90. The lowest BCUT2D eigenvalue weighted by atomic mass is 9.95. The Morgan fingerprint density at radius 3 is 2.44 bits per heavy atom. The molecule has 7 heteroatoms. The molecular formula is C18H27ClN2O3S. The van der Waals surface area contributed by atoms with E-state index in [0.717, 1.165) is 43.7 Å². The lowest BCUT2D eigenvalue weighted by molar-refractivity contribution is -0.121. The number of rotatable bonds is 7. The molecule has 1 aromatic rings. The molecule has 0 bridgehead atoms. The Hall–Kier alpha value is -1.11. The molecule has 1 unspecified atom stereocenters. The average Bonchev–Trinajstić information content (AvgIpc) is 2.55. The molecule has 2 rings (SSSR count). The smallest absolute Gasteiger partial charge is 0.221 e. The summed E-state index contributed by atoms with van der Waals surface area (Å²) in [7, 11) is -3.13. The zero-order valence-corrected chi connectivity index (χ0v) is 16.4. The molecule has 1 aliphatic heterocycles. The summed E-state index contributed by atoms with van der Waals surface area (Å²) in [6, 6.07) is 7.79. The third kappa shape index (κ3) is 6.96. The summed E-state index contributed by atoms with van der Waals surface area (Å²) in [5.41, 5.74) is 1.11. The van der Waals surface area contributed by atoms with E-state index < -0.39 is 9.84 Å². The number of amides is 1. The highest BCUT2D eigenvalue weighted by Crippen LogP contribution is 2.27. The van der Waals surface area contributed by atoms with E-state index in [0.29, 0.717) is 11.6 Å². The number of carbonyl (C=O) groups is 1. The molecule has 1 amide bonds. The van der Waals surface area contributed by atoms with E-state index in [-0.39, 0.29) is 24.1 Å². The van der Waals surface area contributed by atoms with E-state index in [4.69, 9.17) is 11.6 Å². The second kappa shape index (κ2) is 9.01. The number of benzene rings is 1. The molecule has 140 valence electrons. The van der Waals surface area contributed by atoms with Gasteiger partial charge in [-0.3, -0.25) is 9.69 Å². The Kier molecular flexibility index (Phi) is 7.28. The molecule has 0 spiro atoms. The molecule has 1 fully saturated rings. The van der Waals surface area contributed by atoms with Crippen LogP contribution >= 0.6 is 11.6 Å². The van der Waals surface area contributed by atoms with Crippen LogP contribution in [0.15, 0.2) is 24.3 Å². The molecule has 5 nitrogen and oxygen atoms in total. The number of halogens is 1. The van der Waals surface area contributed by atoms with E-state index in [9.17, 15) is 13.2 Å². The molecule has 1 aromatic carbocycles. The maximum Gasteiger partial charge on any atom is 0.221 e. The highest BCUT2D eigenvalue weighted by atomic mass is 35.5. The van der Waals surface area contributed by atoms with E-state index in [1.165, 1.54) is 0 Å². The Morgan fingerprint density at radius 2 is 1.88 bits per heavy atom. The molecule has 1 N–H and O–H groups in total. The van der Waals surface area contributed by atoms with Crippen LogP contribution in [0, 0.1) is 5.92 Å². The number of carbonyl (C=O) groups excluding carboxylic acids is 1. The Balaban J connectivity index is 2.01. The fraction of sp³-hybridized carbons (Fsp3) is 0.611. The standard InChI is InChI=1S/C18H27ClN2O3S/c1-14-7-10-21(11-8-14)17(15-3-5-16(19)6-4-15)13-20-18(22)9-12-25(2,23)24/h3-6,14,17H,7-13H2,1-2H3,(H,20,22). The molecule has 1 aliphatic rings. The Bertz CT molecular complexity index is 668. The number of likely N-dealkylation sites (tertiary alicyclic amines) is 1. The maximum atomic E-state index is 12.0. The number of piperidine rings is 1. The van der Waals surface area contributed by atoms with Gasteiger partial charge in [0.1, 0.15) is 9.84 Å². The number of hydrogen-bond acceptors (Lipinski definition) is 4. The van der Waals surface area contributed by atoms with E-state index in [1.54, 1.807) is 0 Å². The molecule has 0 aliphatic carbocycles. The molecule has 25 heavy (non-hydrogen) atoms. The average molecular weight is 387 g/mol. The summed E-state index contributed by atoms with van der Waals surface area (Å²) < 4.78 is 22.4. The summed E-state index contributed by atoms with van der Waals surface area (Å²) in [6.07, 6.45) is 3.44. The summed E-state index contributed by atoms with van der Waals surface area (Å²) >= 11 is 5.99. The van der Waals surface area contributed by atoms with Crippen molar-refractivity contribution in [2.75, 3.05) is 31.6 Å². The third-order valence-electron chi connectivity index (χ3n) is 4.71. The molecule has 1 saturated heterocycles. The van der Waals surface area contributed by atoms with E-state index in [2.05, 4.69) is 17.1 Å². The monoisotopic (exact) mass is 386 g/mol. The SMILES string of the molecule is CC1CCN(C(CNC(=O)CCS(C)(=O)=O)c2ccc(Cl)cc2)CC1. The van der Waals surface area contributed by atoms with Gasteiger partial charge in [0, 0.05) is 24.2 Å². The lowest BCUT2D eigenvalue weighted by Crippen LogP contribution is -2.42. The van der Waals surface area contributed by atoms with Crippen LogP contribution in [0.3, 0.4) is 0 Å². The minimum Gasteiger partial charge on any atom is -0.354 e. The van der Waals surface area contributed by atoms with Gasteiger partial charge in [-0.25, -0.2) is 8.42 Å². The predicted octanol–water partition coefficient (Wildman–Crippen LogP) is 2.66. The van der Waals surface area contributed by atoms with Crippen molar-refractivity contribution in [2.45, 2.75) is 32.2 Å². The van der Waals surface area contributed by atoms with Crippen molar-refractivity contribution in [1.82, 2.24) is 10.2 Å². The van der Waals surface area contributed by atoms with Crippen LogP contribution in [-0.2, 0) is 14.6 Å². The predicted molar refractivity (Wildman–Crippen MR) is 102 cm³/mol. The summed E-state index contributed by atoms with van der Waals surface area (Å²) in [4.78, 5) is 14.4. The first-order chi connectivity index (χ1) is 11.7. The number of sulfone groups is 1. The second-order valence-corrected chi connectivity index (χ2v) is 9.67. The molecular weight excluding hydrogens is 360 g/mol. The highest BCUT2D eigenvalue weighted by molar-refractivity contribution is 7.90. The van der Waals surface area contributed by atoms with Gasteiger partial charge in [-0.2, -0.15) is 0 Å². The van der Waals surface area contributed by atoms with Crippen molar-refractivity contribution in [3.63, 3.8) is 0 Å². The summed E-state index contributed by atoms with van der Waals surface area (Å²) in [5.74, 6) is 0.382. The second-order valence-electron chi connectivity index (χ2n) is 6.97. The summed E-state index contributed by atoms with van der Waals surface area (Å²) in [5, 5.41) is 3.59. The molecule has 0 aromatic heterocycles.